The monoisotopic (exact) mass is 437 g/mol. The van der Waals surface area contributed by atoms with Gasteiger partial charge in [0.2, 0.25) is 0 Å². The molecule has 3 aromatic rings. The minimum atomic E-state index is 0.00840. The average Bonchev–Trinajstić information content (AvgIpc) is 3.01. The van der Waals surface area contributed by atoms with Crippen molar-refractivity contribution in [3.8, 4) is 0 Å². The molecule has 1 aromatic heterocycles. The summed E-state index contributed by atoms with van der Waals surface area (Å²) >= 11 is 6.03. The van der Waals surface area contributed by atoms with Gasteiger partial charge >= 0.3 is 0 Å². The number of hydrogen-bond donors (Lipinski definition) is 1. The lowest BCUT2D eigenvalue weighted by molar-refractivity contribution is 0.0938. The average molecular weight is 438 g/mol. The van der Waals surface area contributed by atoms with Crippen LogP contribution in [-0.2, 0) is 6.54 Å². The van der Waals surface area contributed by atoms with Gasteiger partial charge in [-0.15, -0.1) is 0 Å². The standard InChI is InChI=1S/C26H32ClN3O/c1-18-6-4-5-14-29(18)15-13-28-26(31)22-9-12-25-24(16-22)19(2)20(3)30(25)17-21-7-10-23(27)11-8-21/h7-12,16,18H,4-6,13-15,17H2,1-3H3,(H,28,31). The van der Waals surface area contributed by atoms with Crippen LogP contribution in [0.3, 0.4) is 0 Å². The van der Waals surface area contributed by atoms with Gasteiger partial charge in [0.15, 0.2) is 0 Å². The number of nitrogens with one attached hydrogen (secondary N) is 1. The SMILES string of the molecule is Cc1c(C)n(Cc2ccc(Cl)cc2)c2ccc(C(=O)NCCN3CCCCC3C)cc12. The third kappa shape index (κ3) is 4.81. The van der Waals surface area contributed by atoms with E-state index >= 15 is 0 Å². The topological polar surface area (TPSA) is 37.3 Å². The molecular formula is C26H32ClN3O. The van der Waals surface area contributed by atoms with Crippen molar-refractivity contribution in [2.75, 3.05) is 19.6 Å². The molecule has 1 unspecified atom stereocenters. The van der Waals surface area contributed by atoms with Gasteiger partial charge in [0.1, 0.15) is 0 Å². The van der Waals surface area contributed by atoms with Gasteiger partial charge in [0, 0.05) is 52.9 Å². The van der Waals surface area contributed by atoms with E-state index in [-0.39, 0.29) is 5.91 Å². The van der Waals surface area contributed by atoms with Crippen LogP contribution in [0.4, 0.5) is 0 Å². The van der Waals surface area contributed by atoms with Crippen LogP contribution in [0.5, 0.6) is 0 Å². The molecule has 1 amide bonds. The van der Waals surface area contributed by atoms with E-state index in [1.807, 2.05) is 24.3 Å². The summed E-state index contributed by atoms with van der Waals surface area (Å²) < 4.78 is 2.31. The summed E-state index contributed by atoms with van der Waals surface area (Å²) in [5.74, 6) is 0.00840. The van der Waals surface area contributed by atoms with Gasteiger partial charge in [0.25, 0.3) is 5.91 Å². The van der Waals surface area contributed by atoms with Crippen LogP contribution in [0.25, 0.3) is 10.9 Å². The first-order valence-electron chi connectivity index (χ1n) is 11.3. The Balaban J connectivity index is 1.48. The molecule has 1 fully saturated rings. The first-order valence-corrected chi connectivity index (χ1v) is 11.7. The van der Waals surface area contributed by atoms with Gasteiger partial charge in [-0.25, -0.2) is 0 Å². The second-order valence-electron chi connectivity index (χ2n) is 8.79. The van der Waals surface area contributed by atoms with E-state index in [4.69, 9.17) is 11.6 Å². The molecule has 1 atom stereocenters. The number of carbonyl (C=O) groups excluding carboxylic acids is 1. The van der Waals surface area contributed by atoms with Crippen LogP contribution in [-0.4, -0.2) is 41.1 Å². The molecule has 2 aromatic carbocycles. The van der Waals surface area contributed by atoms with Gasteiger partial charge in [-0.1, -0.05) is 30.2 Å². The third-order valence-electron chi connectivity index (χ3n) is 6.78. The van der Waals surface area contributed by atoms with Crippen LogP contribution in [0, 0.1) is 13.8 Å². The predicted molar refractivity (Wildman–Crippen MR) is 129 cm³/mol. The van der Waals surface area contributed by atoms with Crippen molar-refractivity contribution < 1.29 is 4.79 Å². The zero-order valence-corrected chi connectivity index (χ0v) is 19.5. The number of amides is 1. The Bertz CT molecular complexity index is 1070. The third-order valence-corrected chi connectivity index (χ3v) is 7.03. The summed E-state index contributed by atoms with van der Waals surface area (Å²) in [4.78, 5) is 15.3. The summed E-state index contributed by atoms with van der Waals surface area (Å²) in [5, 5.41) is 5.01. The Morgan fingerprint density at radius 2 is 1.90 bits per heavy atom. The van der Waals surface area contributed by atoms with E-state index in [0.29, 0.717) is 12.6 Å². The van der Waals surface area contributed by atoms with Crippen molar-refractivity contribution in [1.82, 2.24) is 14.8 Å². The first kappa shape index (κ1) is 21.9. The summed E-state index contributed by atoms with van der Waals surface area (Å²) in [5.41, 5.74) is 5.54. The number of likely N-dealkylation sites (tertiary alicyclic amines) is 1. The highest BCUT2D eigenvalue weighted by Gasteiger charge is 2.18. The molecule has 1 aliphatic heterocycles. The minimum Gasteiger partial charge on any atom is -0.351 e. The maximum Gasteiger partial charge on any atom is 0.251 e. The lowest BCUT2D eigenvalue weighted by Gasteiger charge is -2.33. The molecule has 0 bridgehead atoms. The van der Waals surface area contributed by atoms with Crippen LogP contribution in [0.15, 0.2) is 42.5 Å². The van der Waals surface area contributed by atoms with Gasteiger partial charge in [0.05, 0.1) is 0 Å². The van der Waals surface area contributed by atoms with E-state index in [0.717, 1.165) is 41.1 Å². The number of hydrogen-bond acceptors (Lipinski definition) is 2. The smallest absolute Gasteiger partial charge is 0.251 e. The molecule has 1 saturated heterocycles. The van der Waals surface area contributed by atoms with E-state index in [1.54, 1.807) is 0 Å². The minimum absolute atomic E-state index is 0.00840. The summed E-state index contributed by atoms with van der Waals surface area (Å²) in [6, 6.07) is 14.7. The molecule has 31 heavy (non-hydrogen) atoms. The van der Waals surface area contributed by atoms with Crippen molar-refractivity contribution in [1.29, 1.82) is 0 Å². The number of piperidine rings is 1. The second kappa shape index (κ2) is 9.46. The highest BCUT2D eigenvalue weighted by Crippen LogP contribution is 2.27. The number of aromatic nitrogens is 1. The van der Waals surface area contributed by atoms with Gasteiger partial charge in [-0.3, -0.25) is 9.69 Å². The lowest BCUT2D eigenvalue weighted by Crippen LogP contribution is -2.42. The van der Waals surface area contributed by atoms with Crippen LogP contribution in [0.2, 0.25) is 5.02 Å². The van der Waals surface area contributed by atoms with E-state index < -0.39 is 0 Å². The number of carbonyl (C=O) groups is 1. The van der Waals surface area contributed by atoms with Crippen molar-refractivity contribution in [3.05, 3.63) is 69.9 Å². The fourth-order valence-electron chi connectivity index (χ4n) is 4.67. The van der Waals surface area contributed by atoms with E-state index in [2.05, 4.69) is 53.8 Å². The quantitative estimate of drug-likeness (QED) is 0.547. The first-order chi connectivity index (χ1) is 14.9. The molecule has 4 nitrogen and oxygen atoms in total. The second-order valence-corrected chi connectivity index (χ2v) is 9.23. The van der Waals surface area contributed by atoms with Crippen LogP contribution < -0.4 is 5.32 Å². The number of benzene rings is 2. The largest absolute Gasteiger partial charge is 0.351 e. The van der Waals surface area contributed by atoms with Gasteiger partial charge in [-0.05, 0) is 81.6 Å². The molecule has 4 rings (SSSR count). The Morgan fingerprint density at radius 3 is 2.65 bits per heavy atom. The lowest BCUT2D eigenvalue weighted by atomic mass is 10.0. The highest BCUT2D eigenvalue weighted by molar-refractivity contribution is 6.30. The van der Waals surface area contributed by atoms with E-state index in [1.165, 1.54) is 36.1 Å². The number of aryl methyl sites for hydroxylation is 1. The fraction of sp³-hybridized carbons (Fsp3) is 0.423. The Hall–Kier alpha value is -2.30. The summed E-state index contributed by atoms with van der Waals surface area (Å²) in [7, 11) is 0. The number of fused-ring (bicyclic) bond motifs is 1. The Morgan fingerprint density at radius 1 is 1.13 bits per heavy atom. The van der Waals surface area contributed by atoms with Gasteiger partial charge < -0.3 is 9.88 Å². The molecule has 5 heteroatoms. The van der Waals surface area contributed by atoms with Crippen molar-refractivity contribution in [2.24, 2.45) is 0 Å². The van der Waals surface area contributed by atoms with Crippen LogP contribution in [0.1, 0.15) is 53.4 Å². The normalized spacial score (nSPS) is 17.2. The maximum atomic E-state index is 12.8. The summed E-state index contributed by atoms with van der Waals surface area (Å²) in [6.45, 7) is 10.1. The number of rotatable bonds is 6. The number of halogens is 1. The van der Waals surface area contributed by atoms with E-state index in [9.17, 15) is 4.79 Å². The molecular weight excluding hydrogens is 406 g/mol. The molecule has 0 saturated carbocycles. The van der Waals surface area contributed by atoms with Crippen LogP contribution >= 0.6 is 11.6 Å². The predicted octanol–water partition coefficient (Wildman–Crippen LogP) is 5.56. The highest BCUT2D eigenvalue weighted by atomic mass is 35.5. The fourth-order valence-corrected chi connectivity index (χ4v) is 4.80. The van der Waals surface area contributed by atoms with Crippen molar-refractivity contribution in [2.45, 2.75) is 52.6 Å². The zero-order valence-electron chi connectivity index (χ0n) is 18.7. The molecule has 164 valence electrons. The molecule has 2 heterocycles. The molecule has 1 N–H and O–H groups in total. The molecule has 0 radical (unpaired) electrons. The van der Waals surface area contributed by atoms with Crippen molar-refractivity contribution >= 4 is 28.4 Å². The number of nitrogens with zero attached hydrogens (tertiary/aromatic N) is 2. The Labute approximate surface area is 190 Å². The molecule has 1 aliphatic rings. The van der Waals surface area contributed by atoms with Gasteiger partial charge in [-0.2, -0.15) is 0 Å². The van der Waals surface area contributed by atoms with Crippen molar-refractivity contribution in [3.63, 3.8) is 0 Å². The Kier molecular flexibility index (Phi) is 6.68. The molecule has 0 spiro atoms. The maximum absolute atomic E-state index is 12.8. The molecule has 0 aliphatic carbocycles. The summed E-state index contributed by atoms with van der Waals surface area (Å²) in [6.07, 6.45) is 3.84. The zero-order chi connectivity index (χ0) is 22.0.